The topological polar surface area (TPSA) is 17.1 Å². The van der Waals surface area contributed by atoms with Gasteiger partial charge in [-0.05, 0) is 56.3 Å². The Labute approximate surface area is 175 Å². The first kappa shape index (κ1) is 23.2. The standard InChI is InChI=1S/C26H42BO/c1-20(19-27-24-13-9-7-10-14-24)16-17-26-22(3)18-21(2)25(26)15-11-6-5-8-12-23(4)28/h7,9-10,13-14,20-22,25-26H,5-6,8,11-12,15-19H2,1-4H3/t20-,21+,22-,25+,26+/m1/s1. The summed E-state index contributed by atoms with van der Waals surface area (Å²) < 4.78 is 0. The fourth-order valence-corrected chi connectivity index (χ4v) is 5.41. The number of hydrogen-bond acceptors (Lipinski definition) is 1. The fourth-order valence-electron chi connectivity index (χ4n) is 5.41. The number of unbranched alkanes of at least 4 members (excludes halogenated alkanes) is 3. The summed E-state index contributed by atoms with van der Waals surface area (Å²) in [7, 11) is 2.41. The Bertz CT molecular complexity index is 555. The molecule has 0 aromatic heterocycles. The van der Waals surface area contributed by atoms with Crippen LogP contribution in [-0.2, 0) is 4.79 Å². The van der Waals surface area contributed by atoms with E-state index in [0.717, 1.165) is 42.4 Å². The fraction of sp³-hybridized carbons (Fsp3) is 0.731. The van der Waals surface area contributed by atoms with Gasteiger partial charge in [-0.25, -0.2) is 0 Å². The Balaban J connectivity index is 1.69. The minimum Gasteiger partial charge on any atom is -0.300 e. The maximum atomic E-state index is 11.1. The molecule has 1 nitrogen and oxygen atoms in total. The predicted molar refractivity (Wildman–Crippen MR) is 123 cm³/mol. The Morgan fingerprint density at radius 3 is 2.32 bits per heavy atom. The summed E-state index contributed by atoms with van der Waals surface area (Å²) in [5.41, 5.74) is 1.36. The second kappa shape index (κ2) is 12.5. The van der Waals surface area contributed by atoms with Crippen LogP contribution in [-0.4, -0.2) is 13.1 Å². The first-order valence-electron chi connectivity index (χ1n) is 11.8. The highest BCUT2D eigenvalue weighted by Crippen LogP contribution is 2.46. The minimum absolute atomic E-state index is 0.344. The lowest BCUT2D eigenvalue weighted by Gasteiger charge is -2.26. The summed E-state index contributed by atoms with van der Waals surface area (Å²) in [6.45, 7) is 9.12. The van der Waals surface area contributed by atoms with Crippen LogP contribution in [0.3, 0.4) is 0 Å². The molecule has 5 atom stereocenters. The van der Waals surface area contributed by atoms with Crippen LogP contribution in [0.1, 0.15) is 85.5 Å². The number of benzene rings is 1. The third-order valence-corrected chi connectivity index (χ3v) is 7.12. The van der Waals surface area contributed by atoms with E-state index in [9.17, 15) is 4.79 Å². The molecular weight excluding hydrogens is 339 g/mol. The van der Waals surface area contributed by atoms with Crippen LogP contribution in [0.5, 0.6) is 0 Å². The maximum Gasteiger partial charge on any atom is 0.151 e. The van der Waals surface area contributed by atoms with E-state index in [1.807, 2.05) is 0 Å². The third-order valence-electron chi connectivity index (χ3n) is 7.12. The summed E-state index contributed by atoms with van der Waals surface area (Å²) in [6.07, 6.45) is 12.5. The van der Waals surface area contributed by atoms with Crippen molar-refractivity contribution < 1.29 is 4.79 Å². The molecule has 0 aliphatic heterocycles. The number of ketones is 1. The van der Waals surface area contributed by atoms with Crippen molar-refractivity contribution in [3.8, 4) is 0 Å². The third kappa shape index (κ3) is 8.14. The first-order chi connectivity index (χ1) is 13.5. The van der Waals surface area contributed by atoms with Crippen molar-refractivity contribution >= 4 is 18.5 Å². The van der Waals surface area contributed by atoms with E-state index in [0.29, 0.717) is 5.78 Å². The van der Waals surface area contributed by atoms with Crippen LogP contribution >= 0.6 is 0 Å². The van der Waals surface area contributed by atoms with Crippen molar-refractivity contribution in [2.45, 2.75) is 91.8 Å². The van der Waals surface area contributed by atoms with Crippen molar-refractivity contribution in [3.05, 3.63) is 30.3 Å². The number of carbonyl (C=O) groups is 1. The van der Waals surface area contributed by atoms with Crippen LogP contribution in [0, 0.1) is 29.6 Å². The van der Waals surface area contributed by atoms with Crippen LogP contribution in [0.15, 0.2) is 30.3 Å². The van der Waals surface area contributed by atoms with Gasteiger partial charge in [0, 0.05) is 6.42 Å². The molecule has 0 bridgehead atoms. The van der Waals surface area contributed by atoms with Crippen LogP contribution in [0.25, 0.3) is 0 Å². The van der Waals surface area contributed by atoms with E-state index in [-0.39, 0.29) is 0 Å². The van der Waals surface area contributed by atoms with Gasteiger partial charge in [0.05, 0.1) is 0 Å². The summed E-state index contributed by atoms with van der Waals surface area (Å²) in [5.74, 6) is 4.75. The second-order valence-electron chi connectivity index (χ2n) is 9.71. The van der Waals surface area contributed by atoms with Gasteiger partial charge in [-0.15, -0.1) is 0 Å². The predicted octanol–water partition coefficient (Wildman–Crippen LogP) is 6.69. The highest BCUT2D eigenvalue weighted by molar-refractivity contribution is 6.53. The number of Topliss-reactive ketones (excluding diaryl/α,β-unsaturated/α-hetero) is 1. The zero-order valence-corrected chi connectivity index (χ0v) is 18.8. The van der Waals surface area contributed by atoms with Gasteiger partial charge in [-0.3, -0.25) is 0 Å². The van der Waals surface area contributed by atoms with Gasteiger partial charge in [0.2, 0.25) is 0 Å². The van der Waals surface area contributed by atoms with Crippen molar-refractivity contribution in [2.75, 3.05) is 0 Å². The minimum atomic E-state index is 0.344. The maximum absolute atomic E-state index is 11.1. The summed E-state index contributed by atoms with van der Waals surface area (Å²) in [4.78, 5) is 11.1. The monoisotopic (exact) mass is 381 g/mol. The molecule has 2 rings (SSSR count). The zero-order valence-electron chi connectivity index (χ0n) is 18.8. The molecule has 1 radical (unpaired) electrons. The molecule has 2 heteroatoms. The Morgan fingerprint density at radius 1 is 1.00 bits per heavy atom. The summed E-state index contributed by atoms with van der Waals surface area (Å²) in [5, 5.41) is 0. The van der Waals surface area contributed by atoms with Gasteiger partial charge < -0.3 is 4.79 Å². The van der Waals surface area contributed by atoms with Gasteiger partial charge in [0.15, 0.2) is 7.28 Å². The summed E-state index contributed by atoms with van der Waals surface area (Å²) in [6, 6.07) is 10.8. The molecule has 28 heavy (non-hydrogen) atoms. The molecule has 0 N–H and O–H groups in total. The van der Waals surface area contributed by atoms with Crippen molar-refractivity contribution in [1.29, 1.82) is 0 Å². The lowest BCUT2D eigenvalue weighted by molar-refractivity contribution is -0.117. The quantitative estimate of drug-likeness (QED) is 0.275. The molecule has 155 valence electrons. The molecule has 0 amide bonds. The van der Waals surface area contributed by atoms with Crippen molar-refractivity contribution in [1.82, 2.24) is 0 Å². The summed E-state index contributed by atoms with van der Waals surface area (Å²) >= 11 is 0. The SMILES string of the molecule is CC(=O)CCCCCC[C@@H]1[C@@H](CC[C@@H](C)C[B]c2ccccc2)[C@H](C)C[C@@H]1C. The highest BCUT2D eigenvalue weighted by Gasteiger charge is 2.37. The number of rotatable bonds is 13. The molecule has 0 spiro atoms. The van der Waals surface area contributed by atoms with E-state index < -0.39 is 0 Å². The second-order valence-corrected chi connectivity index (χ2v) is 9.71. The molecule has 1 saturated carbocycles. The number of hydrogen-bond donors (Lipinski definition) is 0. The van der Waals surface area contributed by atoms with Crippen molar-refractivity contribution in [2.24, 2.45) is 29.6 Å². The molecule has 1 aromatic rings. The van der Waals surface area contributed by atoms with Gasteiger partial charge in [0.1, 0.15) is 5.78 Å². The van der Waals surface area contributed by atoms with E-state index >= 15 is 0 Å². The van der Waals surface area contributed by atoms with E-state index in [1.54, 1.807) is 6.92 Å². The smallest absolute Gasteiger partial charge is 0.151 e. The Morgan fingerprint density at radius 2 is 1.64 bits per heavy atom. The van der Waals surface area contributed by atoms with E-state index in [4.69, 9.17) is 0 Å². The van der Waals surface area contributed by atoms with Gasteiger partial charge in [-0.1, -0.05) is 94.5 Å². The first-order valence-corrected chi connectivity index (χ1v) is 11.8. The lowest BCUT2D eigenvalue weighted by Crippen LogP contribution is -2.19. The zero-order chi connectivity index (χ0) is 20.4. The molecule has 1 aromatic carbocycles. The molecule has 1 aliphatic rings. The number of carbonyl (C=O) groups excluding carboxylic acids is 1. The van der Waals surface area contributed by atoms with Gasteiger partial charge in [-0.2, -0.15) is 0 Å². The van der Waals surface area contributed by atoms with E-state index in [1.165, 1.54) is 56.7 Å². The van der Waals surface area contributed by atoms with E-state index in [2.05, 4.69) is 58.4 Å². The van der Waals surface area contributed by atoms with Gasteiger partial charge in [0.25, 0.3) is 0 Å². The van der Waals surface area contributed by atoms with Crippen LogP contribution in [0.2, 0.25) is 6.32 Å². The lowest BCUT2D eigenvalue weighted by atomic mass is 9.63. The molecule has 0 heterocycles. The van der Waals surface area contributed by atoms with Gasteiger partial charge >= 0.3 is 0 Å². The van der Waals surface area contributed by atoms with Crippen LogP contribution < -0.4 is 5.46 Å². The molecule has 0 saturated heterocycles. The normalized spacial score (nSPS) is 25.6. The highest BCUT2D eigenvalue weighted by atomic mass is 16.1. The Hall–Kier alpha value is -1.05. The van der Waals surface area contributed by atoms with Crippen LogP contribution in [0.4, 0.5) is 0 Å². The van der Waals surface area contributed by atoms with Crippen molar-refractivity contribution in [3.63, 3.8) is 0 Å². The average molecular weight is 381 g/mol. The molecule has 1 aliphatic carbocycles. The average Bonchev–Trinajstić information content (AvgIpc) is 2.94. The molecular formula is C26H42BO. The Kier molecular flexibility index (Phi) is 10.4. The molecule has 0 unspecified atom stereocenters. The largest absolute Gasteiger partial charge is 0.300 e. The molecule has 1 fully saturated rings.